The molecule has 0 aliphatic carbocycles. The van der Waals surface area contributed by atoms with Crippen LogP contribution in [0.2, 0.25) is 0 Å². The Morgan fingerprint density at radius 1 is 0.929 bits per heavy atom. The lowest BCUT2D eigenvalue weighted by Gasteiger charge is -2.14. The normalized spacial score (nSPS) is 10.9. The van der Waals surface area contributed by atoms with Crippen molar-refractivity contribution in [3.05, 3.63) is 69.6 Å². The minimum Gasteiger partial charge on any atom is -0.397 e. The van der Waals surface area contributed by atoms with Crippen molar-refractivity contribution < 1.29 is 4.92 Å². The van der Waals surface area contributed by atoms with Gasteiger partial charge in [-0.15, -0.1) is 4.91 Å². The van der Waals surface area contributed by atoms with Gasteiger partial charge >= 0.3 is 0 Å². The van der Waals surface area contributed by atoms with Gasteiger partial charge in [0.05, 0.1) is 33.0 Å². The largest absolute Gasteiger partial charge is 0.397 e. The molecule has 138 valence electrons. The molecule has 0 bridgehead atoms. The zero-order chi connectivity index (χ0) is 19.8. The number of anilines is 4. The molecule has 9 heteroatoms. The number of rotatable bonds is 4. The van der Waals surface area contributed by atoms with Crippen molar-refractivity contribution in [2.45, 2.75) is 0 Å². The number of nitro benzene ring substituents is 1. The molecule has 5 N–H and O–H groups in total. The third-order valence-corrected chi connectivity index (χ3v) is 4.41. The summed E-state index contributed by atoms with van der Waals surface area (Å²) in [6.07, 6.45) is 0. The van der Waals surface area contributed by atoms with E-state index in [4.69, 9.17) is 11.5 Å². The summed E-state index contributed by atoms with van der Waals surface area (Å²) in [5.74, 6) is 0. The number of hydrogen-bond donors (Lipinski definition) is 3. The molecule has 0 spiro atoms. The molecule has 0 atom stereocenters. The fourth-order valence-electron chi connectivity index (χ4n) is 3.02. The van der Waals surface area contributed by atoms with Gasteiger partial charge in [0.2, 0.25) is 0 Å². The minimum absolute atomic E-state index is 0.0771. The number of aromatic nitrogens is 1. The van der Waals surface area contributed by atoms with Crippen LogP contribution in [0.3, 0.4) is 0 Å². The monoisotopic (exact) mass is 374 g/mol. The molecule has 28 heavy (non-hydrogen) atoms. The quantitative estimate of drug-likeness (QED) is 0.155. The van der Waals surface area contributed by atoms with E-state index in [1.807, 2.05) is 0 Å². The van der Waals surface area contributed by atoms with Crippen molar-refractivity contribution in [2.24, 2.45) is 5.18 Å². The maximum absolute atomic E-state index is 11.1. The van der Waals surface area contributed by atoms with Crippen LogP contribution in [-0.4, -0.2) is 9.91 Å². The van der Waals surface area contributed by atoms with Gasteiger partial charge in [-0.2, -0.15) is 0 Å². The number of nitrogens with two attached hydrogens (primary N) is 2. The van der Waals surface area contributed by atoms with E-state index >= 15 is 0 Å². The highest BCUT2D eigenvalue weighted by Gasteiger charge is 2.14. The van der Waals surface area contributed by atoms with Crippen LogP contribution in [0.25, 0.3) is 21.8 Å². The molecule has 0 saturated heterocycles. The third-order valence-electron chi connectivity index (χ3n) is 4.41. The molecular weight excluding hydrogens is 360 g/mol. The van der Waals surface area contributed by atoms with Gasteiger partial charge in [0.1, 0.15) is 5.69 Å². The Balaban J connectivity index is 1.99. The number of nitro groups is 1. The third kappa shape index (κ3) is 2.90. The van der Waals surface area contributed by atoms with Crippen LogP contribution in [0.4, 0.5) is 34.1 Å². The molecule has 0 amide bonds. The Labute approximate surface area is 158 Å². The molecule has 0 aliphatic heterocycles. The summed E-state index contributed by atoms with van der Waals surface area (Å²) < 4.78 is 0. The van der Waals surface area contributed by atoms with E-state index in [1.54, 1.807) is 36.4 Å². The summed E-state index contributed by atoms with van der Waals surface area (Å²) in [4.78, 5) is 26.0. The lowest BCUT2D eigenvalue weighted by molar-refractivity contribution is -0.384. The molecular formula is C19H14N6O3. The van der Waals surface area contributed by atoms with Crippen LogP contribution in [0.1, 0.15) is 0 Å². The van der Waals surface area contributed by atoms with Gasteiger partial charge in [0.15, 0.2) is 0 Å². The second-order valence-corrected chi connectivity index (χ2v) is 6.21. The van der Waals surface area contributed by atoms with E-state index in [1.165, 1.54) is 18.2 Å². The summed E-state index contributed by atoms with van der Waals surface area (Å²) in [5.41, 5.74) is 15.0. The van der Waals surface area contributed by atoms with Crippen LogP contribution in [0.5, 0.6) is 0 Å². The molecule has 0 fully saturated rings. The molecule has 4 rings (SSSR count). The summed E-state index contributed by atoms with van der Waals surface area (Å²) >= 11 is 0. The molecule has 1 heterocycles. The SMILES string of the molecule is Nc1ccc(Nc2c3ccc(N=O)cc3nc3cc([N+](=O)[O-])ccc23)cc1N. The fourth-order valence-corrected chi connectivity index (χ4v) is 3.02. The number of nitrogens with zero attached hydrogens (tertiary/aromatic N) is 3. The Morgan fingerprint density at radius 3 is 2.32 bits per heavy atom. The number of fused-ring (bicyclic) bond motifs is 2. The van der Waals surface area contributed by atoms with Crippen molar-refractivity contribution in [3.63, 3.8) is 0 Å². The van der Waals surface area contributed by atoms with Gasteiger partial charge in [-0.05, 0) is 47.6 Å². The van der Waals surface area contributed by atoms with Gasteiger partial charge < -0.3 is 16.8 Å². The number of non-ortho nitro benzene ring substituents is 1. The average Bonchev–Trinajstić information content (AvgIpc) is 2.69. The summed E-state index contributed by atoms with van der Waals surface area (Å²) in [6, 6.07) is 14.4. The molecule has 0 saturated carbocycles. The first-order valence-electron chi connectivity index (χ1n) is 8.23. The Morgan fingerprint density at radius 2 is 1.64 bits per heavy atom. The minimum atomic E-state index is -0.484. The molecule has 9 nitrogen and oxygen atoms in total. The highest BCUT2D eigenvalue weighted by atomic mass is 16.6. The van der Waals surface area contributed by atoms with Crippen molar-refractivity contribution in [3.8, 4) is 0 Å². The molecule has 0 aliphatic rings. The van der Waals surface area contributed by atoms with Crippen molar-refractivity contribution in [2.75, 3.05) is 16.8 Å². The second kappa shape index (κ2) is 6.47. The molecule has 0 unspecified atom stereocenters. The molecule has 3 aromatic carbocycles. The van der Waals surface area contributed by atoms with Crippen molar-refractivity contribution in [1.82, 2.24) is 4.98 Å². The molecule has 4 aromatic rings. The van der Waals surface area contributed by atoms with E-state index in [2.05, 4.69) is 15.5 Å². The Bertz CT molecular complexity index is 1270. The van der Waals surface area contributed by atoms with Gasteiger partial charge in [-0.1, -0.05) is 0 Å². The molecule has 0 radical (unpaired) electrons. The Hall–Kier alpha value is -4.27. The second-order valence-electron chi connectivity index (χ2n) is 6.21. The van der Waals surface area contributed by atoms with Gasteiger partial charge in [0, 0.05) is 28.6 Å². The van der Waals surface area contributed by atoms with Crippen LogP contribution in [0.15, 0.2) is 59.8 Å². The summed E-state index contributed by atoms with van der Waals surface area (Å²) in [7, 11) is 0. The van der Waals surface area contributed by atoms with E-state index in [0.29, 0.717) is 39.2 Å². The number of nitrogens with one attached hydrogen (secondary N) is 1. The number of hydrogen-bond acceptors (Lipinski definition) is 8. The first-order chi connectivity index (χ1) is 13.5. The maximum atomic E-state index is 11.1. The van der Waals surface area contributed by atoms with E-state index in [9.17, 15) is 15.0 Å². The van der Waals surface area contributed by atoms with E-state index in [-0.39, 0.29) is 11.4 Å². The zero-order valence-electron chi connectivity index (χ0n) is 14.4. The van der Waals surface area contributed by atoms with Gasteiger partial charge in [-0.25, -0.2) is 4.98 Å². The standard InChI is InChI=1S/C19H14N6O3/c20-15-6-2-10(7-16(15)21)22-19-13-4-1-11(24-26)8-17(13)23-18-9-12(25(27)28)3-5-14(18)19/h1-9H,20-21H2,(H,22,23). The van der Waals surface area contributed by atoms with Crippen LogP contribution >= 0.6 is 0 Å². The van der Waals surface area contributed by atoms with Crippen LogP contribution in [0, 0.1) is 15.0 Å². The van der Waals surface area contributed by atoms with Gasteiger partial charge in [0.25, 0.3) is 5.69 Å². The van der Waals surface area contributed by atoms with Crippen LogP contribution in [-0.2, 0) is 0 Å². The average molecular weight is 374 g/mol. The Kier molecular flexibility index (Phi) is 3.96. The number of benzene rings is 3. The lowest BCUT2D eigenvalue weighted by atomic mass is 10.1. The van der Waals surface area contributed by atoms with E-state index < -0.39 is 4.92 Å². The number of nitroso groups, excluding NO2 is 1. The zero-order valence-corrected chi connectivity index (χ0v) is 14.4. The topological polar surface area (TPSA) is 150 Å². The summed E-state index contributed by atoms with van der Waals surface area (Å²) in [5, 5.41) is 18.8. The predicted octanol–water partition coefficient (Wildman–Crippen LogP) is 4.60. The predicted molar refractivity (Wildman–Crippen MR) is 110 cm³/mol. The highest BCUT2D eigenvalue weighted by Crippen LogP contribution is 2.36. The lowest BCUT2D eigenvalue weighted by Crippen LogP contribution is -1.99. The first kappa shape index (κ1) is 17.2. The van der Waals surface area contributed by atoms with Crippen molar-refractivity contribution in [1.29, 1.82) is 0 Å². The van der Waals surface area contributed by atoms with E-state index in [0.717, 1.165) is 5.39 Å². The first-order valence-corrected chi connectivity index (χ1v) is 8.23. The fraction of sp³-hybridized carbons (Fsp3) is 0. The van der Waals surface area contributed by atoms with Gasteiger partial charge in [-0.3, -0.25) is 10.1 Å². The van der Waals surface area contributed by atoms with Crippen molar-refractivity contribution >= 4 is 55.9 Å². The summed E-state index contributed by atoms with van der Waals surface area (Å²) in [6.45, 7) is 0. The maximum Gasteiger partial charge on any atom is 0.271 e. The number of nitrogen functional groups attached to an aromatic ring is 2. The van der Waals surface area contributed by atoms with Crippen LogP contribution < -0.4 is 16.8 Å². The highest BCUT2D eigenvalue weighted by molar-refractivity contribution is 6.09. The molecule has 1 aromatic heterocycles. The smallest absolute Gasteiger partial charge is 0.271 e. The number of pyridine rings is 1.